The fourth-order valence-electron chi connectivity index (χ4n) is 4.45. The number of nitrogens with one attached hydrogen (secondary N) is 1. The molecule has 2 fully saturated rings. The molecule has 1 aromatic rings. The third-order valence-electron chi connectivity index (χ3n) is 6.19. The van der Waals surface area contributed by atoms with Gasteiger partial charge in [0.2, 0.25) is 11.8 Å². The van der Waals surface area contributed by atoms with Crippen LogP contribution in [0.3, 0.4) is 0 Å². The van der Waals surface area contributed by atoms with Crippen molar-refractivity contribution < 1.29 is 19.1 Å². The fourth-order valence-corrected chi connectivity index (χ4v) is 4.45. The Morgan fingerprint density at radius 1 is 1.10 bits per heavy atom. The summed E-state index contributed by atoms with van der Waals surface area (Å²) in [4.78, 5) is 41.0. The molecule has 156 valence electrons. The highest BCUT2D eigenvalue weighted by Crippen LogP contribution is 2.42. The molecule has 1 saturated heterocycles. The summed E-state index contributed by atoms with van der Waals surface area (Å²) in [6.45, 7) is 4.06. The molecule has 3 aliphatic rings. The molecule has 2 unspecified atom stereocenters. The van der Waals surface area contributed by atoms with E-state index in [1.54, 1.807) is 11.8 Å². The summed E-state index contributed by atoms with van der Waals surface area (Å²) in [5.41, 5.74) is 2.21. The van der Waals surface area contributed by atoms with E-state index in [4.69, 9.17) is 4.74 Å². The molecule has 1 aliphatic carbocycles. The summed E-state index contributed by atoms with van der Waals surface area (Å²) in [6.07, 6.45) is 3.74. The molecule has 7 heteroatoms. The lowest BCUT2D eigenvalue weighted by atomic mass is 10.0. The smallest absolute Gasteiger partial charge is 0.409 e. The topological polar surface area (TPSA) is 79.0 Å². The zero-order valence-corrected chi connectivity index (χ0v) is 16.9. The number of fused-ring (bicyclic) bond motifs is 1. The van der Waals surface area contributed by atoms with E-state index in [1.807, 2.05) is 23.1 Å². The maximum Gasteiger partial charge on any atom is 0.409 e. The van der Waals surface area contributed by atoms with Crippen molar-refractivity contribution in [2.45, 2.75) is 45.1 Å². The van der Waals surface area contributed by atoms with Crippen LogP contribution in [0.1, 0.15) is 38.2 Å². The van der Waals surface area contributed by atoms with Crippen LogP contribution in [-0.2, 0) is 20.7 Å². The second-order valence-corrected chi connectivity index (χ2v) is 8.14. The summed E-state index contributed by atoms with van der Waals surface area (Å²) in [6, 6.07) is 8.10. The first-order valence-electron chi connectivity index (χ1n) is 10.7. The van der Waals surface area contributed by atoms with Gasteiger partial charge in [-0.15, -0.1) is 0 Å². The van der Waals surface area contributed by atoms with Crippen molar-refractivity contribution in [2.75, 3.05) is 31.1 Å². The van der Waals surface area contributed by atoms with Gasteiger partial charge in [-0.2, -0.15) is 0 Å². The van der Waals surface area contributed by atoms with Crippen molar-refractivity contribution in [1.29, 1.82) is 0 Å². The van der Waals surface area contributed by atoms with Gasteiger partial charge >= 0.3 is 6.09 Å². The second-order valence-electron chi connectivity index (χ2n) is 8.14. The first kappa shape index (κ1) is 19.7. The van der Waals surface area contributed by atoms with Gasteiger partial charge in [-0.1, -0.05) is 18.2 Å². The van der Waals surface area contributed by atoms with Crippen LogP contribution in [0, 0.1) is 11.8 Å². The molecule has 2 aliphatic heterocycles. The van der Waals surface area contributed by atoms with Crippen LogP contribution in [0.2, 0.25) is 0 Å². The number of hydrogen-bond acceptors (Lipinski definition) is 4. The molecule has 2 atom stereocenters. The average Bonchev–Trinajstić information content (AvgIpc) is 3.55. The lowest BCUT2D eigenvalue weighted by Crippen LogP contribution is -2.47. The number of likely N-dealkylation sites (tertiary alicyclic amines) is 1. The molecule has 29 heavy (non-hydrogen) atoms. The van der Waals surface area contributed by atoms with E-state index < -0.39 is 0 Å². The number of rotatable bonds is 4. The Kier molecular flexibility index (Phi) is 5.74. The third kappa shape index (κ3) is 4.23. The van der Waals surface area contributed by atoms with Crippen molar-refractivity contribution >= 4 is 23.6 Å². The Bertz CT molecular complexity index is 788. The molecule has 0 bridgehead atoms. The van der Waals surface area contributed by atoms with Crippen molar-refractivity contribution in [2.24, 2.45) is 11.8 Å². The zero-order valence-electron chi connectivity index (χ0n) is 16.9. The van der Waals surface area contributed by atoms with E-state index in [0.29, 0.717) is 26.1 Å². The van der Waals surface area contributed by atoms with Gasteiger partial charge in [0.15, 0.2) is 0 Å². The Hall–Kier alpha value is -2.57. The van der Waals surface area contributed by atoms with E-state index in [0.717, 1.165) is 37.9 Å². The van der Waals surface area contributed by atoms with E-state index in [2.05, 4.69) is 11.4 Å². The second kappa shape index (κ2) is 8.43. The van der Waals surface area contributed by atoms with Crippen molar-refractivity contribution in [1.82, 2.24) is 10.2 Å². The standard InChI is InChI=1S/C22H29N3O4/c1-2-29-22(28)24-12-9-16(10-13-24)23-20(26)17-14-18(17)21(27)25-11-5-7-15-6-3-4-8-19(15)25/h3-4,6,8,16-18H,2,5,7,9-14H2,1H3,(H,23,26). The van der Waals surface area contributed by atoms with Gasteiger partial charge in [-0.25, -0.2) is 4.79 Å². The molecule has 2 heterocycles. The number of piperidine rings is 1. The minimum atomic E-state index is -0.285. The summed E-state index contributed by atoms with van der Waals surface area (Å²) < 4.78 is 5.03. The summed E-state index contributed by atoms with van der Waals surface area (Å²) in [5, 5.41) is 3.09. The molecule has 7 nitrogen and oxygen atoms in total. The highest BCUT2D eigenvalue weighted by molar-refractivity contribution is 6.01. The van der Waals surface area contributed by atoms with Crippen LogP contribution in [0.25, 0.3) is 0 Å². The van der Waals surface area contributed by atoms with Crippen molar-refractivity contribution in [3.05, 3.63) is 29.8 Å². The number of carbonyl (C=O) groups is 3. The third-order valence-corrected chi connectivity index (χ3v) is 6.19. The quantitative estimate of drug-likeness (QED) is 0.843. The minimum Gasteiger partial charge on any atom is -0.450 e. The maximum atomic E-state index is 13.0. The largest absolute Gasteiger partial charge is 0.450 e. The number of carbonyl (C=O) groups excluding carboxylic acids is 3. The molecular formula is C22H29N3O4. The number of para-hydroxylation sites is 1. The van der Waals surface area contributed by atoms with E-state index in [1.165, 1.54) is 5.56 Å². The van der Waals surface area contributed by atoms with Crippen LogP contribution in [-0.4, -0.2) is 55.1 Å². The molecule has 0 aromatic heterocycles. The van der Waals surface area contributed by atoms with Crippen molar-refractivity contribution in [3.8, 4) is 0 Å². The van der Waals surface area contributed by atoms with Gasteiger partial charge in [0.05, 0.1) is 18.4 Å². The zero-order chi connectivity index (χ0) is 20.4. The molecule has 1 N–H and O–H groups in total. The number of aryl methyl sites for hydroxylation is 1. The first-order chi connectivity index (χ1) is 14.1. The van der Waals surface area contributed by atoms with Gasteiger partial charge < -0.3 is 19.9 Å². The van der Waals surface area contributed by atoms with Crippen LogP contribution >= 0.6 is 0 Å². The number of benzene rings is 1. The summed E-state index contributed by atoms with van der Waals surface area (Å²) in [7, 11) is 0. The molecule has 3 amide bonds. The molecule has 0 spiro atoms. The predicted octanol–water partition coefficient (Wildman–Crippen LogP) is 2.34. The molecule has 4 rings (SSSR count). The lowest BCUT2D eigenvalue weighted by molar-refractivity contribution is -0.126. The number of amides is 3. The normalized spacial score (nSPS) is 23.9. The number of hydrogen-bond donors (Lipinski definition) is 1. The lowest BCUT2D eigenvalue weighted by Gasteiger charge is -2.31. The molecule has 1 aromatic carbocycles. The maximum absolute atomic E-state index is 13.0. The van der Waals surface area contributed by atoms with Crippen LogP contribution in [0.15, 0.2) is 24.3 Å². The van der Waals surface area contributed by atoms with Crippen LogP contribution in [0.5, 0.6) is 0 Å². The first-order valence-corrected chi connectivity index (χ1v) is 10.7. The van der Waals surface area contributed by atoms with Crippen LogP contribution in [0.4, 0.5) is 10.5 Å². The highest BCUT2D eigenvalue weighted by atomic mass is 16.6. The predicted molar refractivity (Wildman–Crippen MR) is 108 cm³/mol. The van der Waals surface area contributed by atoms with Gasteiger partial charge in [0.25, 0.3) is 0 Å². The van der Waals surface area contributed by atoms with Crippen molar-refractivity contribution in [3.63, 3.8) is 0 Å². The van der Waals surface area contributed by atoms with Crippen LogP contribution < -0.4 is 10.2 Å². The van der Waals surface area contributed by atoms with E-state index >= 15 is 0 Å². The number of anilines is 1. The monoisotopic (exact) mass is 399 g/mol. The Balaban J connectivity index is 1.27. The van der Waals surface area contributed by atoms with Gasteiger partial charge in [0.1, 0.15) is 0 Å². The number of nitrogens with zero attached hydrogens (tertiary/aromatic N) is 2. The minimum absolute atomic E-state index is 0.0248. The molecule has 0 radical (unpaired) electrons. The highest BCUT2D eigenvalue weighted by Gasteiger charge is 2.50. The summed E-state index contributed by atoms with van der Waals surface area (Å²) in [5.74, 6) is -0.377. The van der Waals surface area contributed by atoms with E-state index in [9.17, 15) is 14.4 Å². The summed E-state index contributed by atoms with van der Waals surface area (Å²) >= 11 is 0. The average molecular weight is 399 g/mol. The van der Waals surface area contributed by atoms with Gasteiger partial charge in [-0.3, -0.25) is 9.59 Å². The molecule has 1 saturated carbocycles. The Morgan fingerprint density at radius 2 is 1.86 bits per heavy atom. The van der Waals surface area contributed by atoms with Gasteiger partial charge in [-0.05, 0) is 50.7 Å². The Morgan fingerprint density at radius 3 is 2.62 bits per heavy atom. The number of ether oxygens (including phenoxy) is 1. The van der Waals surface area contributed by atoms with Gasteiger partial charge in [0, 0.05) is 31.4 Å². The molecular weight excluding hydrogens is 370 g/mol. The SMILES string of the molecule is CCOC(=O)N1CCC(NC(=O)C2CC2C(=O)N2CCCc3ccccc32)CC1. The Labute approximate surface area is 171 Å². The fraction of sp³-hybridized carbons (Fsp3) is 0.591. The van der Waals surface area contributed by atoms with E-state index in [-0.39, 0.29) is 35.8 Å².